The van der Waals surface area contributed by atoms with Gasteiger partial charge in [0.1, 0.15) is 6.17 Å². The summed E-state index contributed by atoms with van der Waals surface area (Å²) in [5.41, 5.74) is 1.15. The lowest BCUT2D eigenvalue weighted by atomic mass is 9.78. The number of hydrogen-bond acceptors (Lipinski definition) is 2. The van der Waals surface area contributed by atoms with Crippen LogP contribution in [0.25, 0.3) is 0 Å². The summed E-state index contributed by atoms with van der Waals surface area (Å²) >= 11 is 0. The maximum absolute atomic E-state index is 4.61. The van der Waals surface area contributed by atoms with Crippen LogP contribution in [-0.4, -0.2) is 18.4 Å². The second kappa shape index (κ2) is 3.26. The molecule has 0 aliphatic carbocycles. The summed E-state index contributed by atoms with van der Waals surface area (Å²) in [4.78, 5) is 4.61. The quantitative estimate of drug-likeness (QED) is 0.601. The molecule has 0 amide bonds. The summed E-state index contributed by atoms with van der Waals surface area (Å²) in [5, 5.41) is 3.49. The zero-order valence-corrected chi connectivity index (χ0v) is 8.62. The van der Waals surface area contributed by atoms with Crippen LogP contribution in [0.4, 0.5) is 0 Å². The number of rotatable bonds is 0. The monoisotopic (exact) mass is 178 g/mol. The Morgan fingerprint density at radius 3 is 3.00 bits per heavy atom. The van der Waals surface area contributed by atoms with Crippen molar-refractivity contribution in [2.45, 2.75) is 26.9 Å². The first kappa shape index (κ1) is 8.95. The lowest BCUT2D eigenvalue weighted by Gasteiger charge is -2.39. The molecular weight excluding hydrogens is 160 g/mol. The van der Waals surface area contributed by atoms with Crippen molar-refractivity contribution in [3.05, 3.63) is 12.2 Å². The first-order valence-electron chi connectivity index (χ1n) is 5.14. The van der Waals surface area contributed by atoms with Gasteiger partial charge in [-0.2, -0.15) is 0 Å². The fourth-order valence-corrected chi connectivity index (χ4v) is 2.22. The first-order valence-corrected chi connectivity index (χ1v) is 5.14. The number of dihydropyridines is 1. The largest absolute Gasteiger partial charge is 0.295 e. The maximum Gasteiger partial charge on any atom is 0.106 e. The molecule has 2 rings (SSSR count). The number of aliphatic imine (C=N–C) groups is 1. The predicted molar refractivity (Wildman–Crippen MR) is 55.9 cm³/mol. The van der Waals surface area contributed by atoms with Crippen molar-refractivity contribution < 1.29 is 0 Å². The number of nitrogens with zero attached hydrogens (tertiary/aromatic N) is 1. The van der Waals surface area contributed by atoms with Crippen LogP contribution in [0.1, 0.15) is 20.8 Å². The van der Waals surface area contributed by atoms with Gasteiger partial charge >= 0.3 is 0 Å². The normalized spacial score (nSPS) is 44.1. The summed E-state index contributed by atoms with van der Waals surface area (Å²) < 4.78 is 0. The SMILES string of the molecule is CC1=NC2NCC(C)C(C)C2C=C1. The maximum atomic E-state index is 4.61. The highest BCUT2D eigenvalue weighted by molar-refractivity contribution is 5.93. The number of piperidine rings is 1. The zero-order chi connectivity index (χ0) is 9.42. The van der Waals surface area contributed by atoms with Crippen molar-refractivity contribution in [3.8, 4) is 0 Å². The molecule has 1 fully saturated rings. The van der Waals surface area contributed by atoms with Gasteiger partial charge in [0.25, 0.3) is 0 Å². The van der Waals surface area contributed by atoms with Gasteiger partial charge in [-0.15, -0.1) is 0 Å². The molecule has 72 valence electrons. The van der Waals surface area contributed by atoms with E-state index in [-0.39, 0.29) is 0 Å². The molecule has 2 aliphatic heterocycles. The number of allylic oxidation sites excluding steroid dienone is 1. The van der Waals surface area contributed by atoms with Gasteiger partial charge in [0.15, 0.2) is 0 Å². The zero-order valence-electron chi connectivity index (χ0n) is 8.62. The highest BCUT2D eigenvalue weighted by Gasteiger charge is 2.33. The molecule has 2 heteroatoms. The van der Waals surface area contributed by atoms with Gasteiger partial charge in [-0.05, 0) is 31.4 Å². The van der Waals surface area contributed by atoms with Crippen LogP contribution in [-0.2, 0) is 0 Å². The van der Waals surface area contributed by atoms with Crippen molar-refractivity contribution in [2.75, 3.05) is 6.54 Å². The van der Waals surface area contributed by atoms with E-state index in [1.54, 1.807) is 0 Å². The van der Waals surface area contributed by atoms with Gasteiger partial charge in [0.2, 0.25) is 0 Å². The van der Waals surface area contributed by atoms with E-state index in [1.807, 2.05) is 0 Å². The van der Waals surface area contributed by atoms with Crippen molar-refractivity contribution in [2.24, 2.45) is 22.7 Å². The summed E-state index contributed by atoms with van der Waals surface area (Å²) in [6.07, 6.45) is 4.81. The van der Waals surface area contributed by atoms with Crippen LogP contribution in [0, 0.1) is 17.8 Å². The van der Waals surface area contributed by atoms with Crippen LogP contribution in [0.2, 0.25) is 0 Å². The van der Waals surface area contributed by atoms with E-state index in [9.17, 15) is 0 Å². The Hall–Kier alpha value is -0.630. The average Bonchev–Trinajstić information content (AvgIpc) is 2.12. The molecule has 0 aromatic carbocycles. The van der Waals surface area contributed by atoms with Crippen LogP contribution in [0.5, 0.6) is 0 Å². The average molecular weight is 178 g/mol. The van der Waals surface area contributed by atoms with Crippen molar-refractivity contribution in [1.82, 2.24) is 5.32 Å². The van der Waals surface area contributed by atoms with Crippen molar-refractivity contribution in [1.29, 1.82) is 0 Å². The Bertz CT molecular complexity index is 255. The van der Waals surface area contributed by atoms with E-state index in [2.05, 4.69) is 43.2 Å². The highest BCUT2D eigenvalue weighted by atomic mass is 15.1. The molecule has 1 N–H and O–H groups in total. The van der Waals surface area contributed by atoms with Crippen LogP contribution >= 0.6 is 0 Å². The molecule has 2 heterocycles. The molecule has 0 aromatic heterocycles. The third-order valence-corrected chi connectivity index (χ3v) is 3.42. The van der Waals surface area contributed by atoms with Gasteiger partial charge in [-0.25, -0.2) is 0 Å². The molecule has 0 spiro atoms. The first-order chi connectivity index (χ1) is 6.18. The lowest BCUT2D eigenvalue weighted by Crippen LogP contribution is -2.48. The molecule has 0 radical (unpaired) electrons. The van der Waals surface area contributed by atoms with Crippen LogP contribution < -0.4 is 5.32 Å². The number of hydrogen-bond donors (Lipinski definition) is 1. The van der Waals surface area contributed by atoms with Gasteiger partial charge in [0.05, 0.1) is 0 Å². The molecule has 0 bridgehead atoms. The Kier molecular flexibility index (Phi) is 2.24. The Morgan fingerprint density at radius 1 is 1.46 bits per heavy atom. The molecule has 0 aromatic rings. The molecular formula is C11H18N2. The summed E-state index contributed by atoms with van der Waals surface area (Å²) in [6, 6.07) is 0. The smallest absolute Gasteiger partial charge is 0.106 e. The fourth-order valence-electron chi connectivity index (χ4n) is 2.22. The Labute approximate surface area is 80.1 Å². The van der Waals surface area contributed by atoms with Crippen molar-refractivity contribution in [3.63, 3.8) is 0 Å². The van der Waals surface area contributed by atoms with E-state index in [1.165, 1.54) is 0 Å². The minimum absolute atomic E-state index is 0.344. The van der Waals surface area contributed by atoms with Crippen LogP contribution in [0.15, 0.2) is 17.1 Å². The second-order valence-electron chi connectivity index (χ2n) is 4.40. The molecule has 13 heavy (non-hydrogen) atoms. The fraction of sp³-hybridized carbons (Fsp3) is 0.727. The highest BCUT2D eigenvalue weighted by Crippen LogP contribution is 2.31. The second-order valence-corrected chi connectivity index (χ2v) is 4.40. The van der Waals surface area contributed by atoms with E-state index in [4.69, 9.17) is 0 Å². The van der Waals surface area contributed by atoms with Gasteiger partial charge in [-0.1, -0.05) is 19.9 Å². The van der Waals surface area contributed by atoms with E-state index in [0.717, 1.165) is 24.1 Å². The van der Waals surface area contributed by atoms with E-state index < -0.39 is 0 Å². The van der Waals surface area contributed by atoms with E-state index in [0.29, 0.717) is 12.1 Å². The summed E-state index contributed by atoms with van der Waals surface area (Å²) in [5.74, 6) is 2.12. The van der Waals surface area contributed by atoms with Crippen molar-refractivity contribution >= 4 is 5.71 Å². The molecule has 4 atom stereocenters. The predicted octanol–water partition coefficient (Wildman–Crippen LogP) is 1.83. The number of fused-ring (bicyclic) bond motifs is 1. The van der Waals surface area contributed by atoms with Gasteiger partial charge in [0, 0.05) is 11.6 Å². The Morgan fingerprint density at radius 2 is 2.23 bits per heavy atom. The third kappa shape index (κ3) is 1.55. The molecule has 2 nitrogen and oxygen atoms in total. The lowest BCUT2D eigenvalue weighted by molar-refractivity contribution is 0.184. The summed E-state index contributed by atoms with van der Waals surface area (Å²) in [7, 11) is 0. The minimum atomic E-state index is 0.344. The molecule has 0 saturated carbocycles. The minimum Gasteiger partial charge on any atom is -0.295 e. The molecule has 1 saturated heterocycles. The van der Waals surface area contributed by atoms with E-state index >= 15 is 0 Å². The Balaban J connectivity index is 2.17. The van der Waals surface area contributed by atoms with Crippen LogP contribution in [0.3, 0.4) is 0 Å². The van der Waals surface area contributed by atoms with Gasteiger partial charge in [-0.3, -0.25) is 10.3 Å². The topological polar surface area (TPSA) is 24.4 Å². The molecule has 4 unspecified atom stereocenters. The van der Waals surface area contributed by atoms with Gasteiger partial charge < -0.3 is 0 Å². The third-order valence-electron chi connectivity index (χ3n) is 3.42. The number of nitrogens with one attached hydrogen (secondary N) is 1. The standard InChI is InChI=1S/C11H18N2/c1-7-6-12-11-10(9(7)3)5-4-8(2)13-11/h4-5,7,9-12H,6H2,1-3H3. The molecule has 2 aliphatic rings. The summed E-state index contributed by atoms with van der Waals surface area (Å²) in [6.45, 7) is 7.82.